The standard InChI is InChI=1S/C30H28IN7O2/c1-2-38-28-22(17-35-30(37-28)36-23-7-4-19(5-8-23)26-18-32-12-13-40-26)15-25(29(38)39)24-9-6-20(14-21(24)16-31)27-33-10-3-11-34-27/h3-11,14-15,17,26,32H,2,12-13,16,18H2,1H3,(H,35,36,37). The maximum absolute atomic E-state index is 13.7. The molecule has 0 aliphatic carbocycles. The van der Waals surface area contributed by atoms with Crippen LogP contribution in [0.15, 0.2) is 78.0 Å². The monoisotopic (exact) mass is 645 g/mol. The molecule has 5 aromatic rings. The number of anilines is 2. The van der Waals surface area contributed by atoms with E-state index in [0.717, 1.165) is 50.8 Å². The molecule has 4 heterocycles. The van der Waals surface area contributed by atoms with Gasteiger partial charge in [0.2, 0.25) is 5.95 Å². The minimum atomic E-state index is -0.0834. The molecule has 1 atom stereocenters. The molecule has 0 amide bonds. The highest BCUT2D eigenvalue weighted by atomic mass is 127. The van der Waals surface area contributed by atoms with Crippen LogP contribution in [0.25, 0.3) is 33.5 Å². The lowest BCUT2D eigenvalue weighted by Gasteiger charge is -2.24. The highest BCUT2D eigenvalue weighted by molar-refractivity contribution is 14.1. The van der Waals surface area contributed by atoms with Crippen molar-refractivity contribution in [3.05, 3.63) is 94.7 Å². The van der Waals surface area contributed by atoms with Crippen LogP contribution in [0.4, 0.5) is 11.6 Å². The first-order valence-electron chi connectivity index (χ1n) is 13.2. The van der Waals surface area contributed by atoms with Crippen LogP contribution in [0.5, 0.6) is 0 Å². The molecule has 1 aliphatic rings. The number of morpholine rings is 1. The van der Waals surface area contributed by atoms with Gasteiger partial charge >= 0.3 is 0 Å². The molecule has 1 unspecified atom stereocenters. The quantitative estimate of drug-likeness (QED) is 0.182. The van der Waals surface area contributed by atoms with Gasteiger partial charge in [0.05, 0.1) is 12.7 Å². The Hall–Kier alpha value is -3.74. The Morgan fingerprint density at radius 3 is 2.62 bits per heavy atom. The van der Waals surface area contributed by atoms with Crippen molar-refractivity contribution in [1.82, 2.24) is 29.8 Å². The van der Waals surface area contributed by atoms with E-state index in [0.29, 0.717) is 36.1 Å². The number of benzene rings is 2. The lowest BCUT2D eigenvalue weighted by Crippen LogP contribution is -2.33. The number of aromatic nitrogens is 5. The van der Waals surface area contributed by atoms with E-state index >= 15 is 0 Å². The third kappa shape index (κ3) is 5.34. The maximum Gasteiger partial charge on any atom is 0.260 e. The number of halogens is 1. The summed E-state index contributed by atoms with van der Waals surface area (Å²) in [6, 6.07) is 17.8. The van der Waals surface area contributed by atoms with Crippen LogP contribution in [0.2, 0.25) is 0 Å². The van der Waals surface area contributed by atoms with E-state index in [1.807, 2.05) is 37.3 Å². The third-order valence-electron chi connectivity index (χ3n) is 6.97. The summed E-state index contributed by atoms with van der Waals surface area (Å²) < 4.78 is 8.29. The summed E-state index contributed by atoms with van der Waals surface area (Å²) in [5.41, 5.74) is 5.98. The van der Waals surface area contributed by atoms with Crippen LogP contribution in [-0.4, -0.2) is 44.2 Å². The largest absolute Gasteiger partial charge is 0.371 e. The van der Waals surface area contributed by atoms with Gasteiger partial charge in [-0.1, -0.05) is 46.9 Å². The Kier molecular flexibility index (Phi) is 7.80. The van der Waals surface area contributed by atoms with E-state index < -0.39 is 0 Å². The maximum atomic E-state index is 13.7. The van der Waals surface area contributed by atoms with E-state index in [-0.39, 0.29) is 11.7 Å². The van der Waals surface area contributed by atoms with Crippen molar-refractivity contribution in [1.29, 1.82) is 0 Å². The zero-order chi connectivity index (χ0) is 27.5. The second kappa shape index (κ2) is 11.8. The smallest absolute Gasteiger partial charge is 0.260 e. The van der Waals surface area contributed by atoms with Gasteiger partial charge in [-0.25, -0.2) is 15.0 Å². The number of nitrogens with zero attached hydrogens (tertiary/aromatic N) is 5. The van der Waals surface area contributed by atoms with Crippen LogP contribution in [-0.2, 0) is 15.7 Å². The van der Waals surface area contributed by atoms with E-state index in [4.69, 9.17) is 9.72 Å². The Morgan fingerprint density at radius 2 is 1.90 bits per heavy atom. The highest BCUT2D eigenvalue weighted by Gasteiger charge is 2.17. The zero-order valence-corrected chi connectivity index (χ0v) is 24.1. The normalized spacial score (nSPS) is 15.3. The number of pyridine rings is 1. The summed E-state index contributed by atoms with van der Waals surface area (Å²) in [5, 5.41) is 7.43. The zero-order valence-electron chi connectivity index (χ0n) is 22.0. The summed E-state index contributed by atoms with van der Waals surface area (Å²) >= 11 is 2.33. The van der Waals surface area contributed by atoms with E-state index in [9.17, 15) is 4.79 Å². The van der Waals surface area contributed by atoms with E-state index in [2.05, 4.69) is 66.4 Å². The third-order valence-corrected chi connectivity index (χ3v) is 7.79. The molecule has 10 heteroatoms. The molecule has 9 nitrogen and oxygen atoms in total. The molecule has 2 aromatic carbocycles. The topological polar surface area (TPSA) is 107 Å². The summed E-state index contributed by atoms with van der Waals surface area (Å²) in [6.45, 7) is 4.84. The molecular weight excluding hydrogens is 617 g/mol. The van der Waals surface area contributed by atoms with E-state index in [1.165, 1.54) is 0 Å². The molecule has 40 heavy (non-hydrogen) atoms. The molecule has 6 rings (SSSR count). The second-order valence-electron chi connectivity index (χ2n) is 9.47. The fourth-order valence-corrected chi connectivity index (χ4v) is 5.58. The molecular formula is C30H28IN7O2. The Bertz CT molecular complexity index is 1700. The number of hydrogen-bond donors (Lipinski definition) is 2. The molecule has 0 bridgehead atoms. The first-order valence-corrected chi connectivity index (χ1v) is 14.7. The Labute approximate surface area is 245 Å². The lowest BCUT2D eigenvalue weighted by molar-refractivity contribution is 0.0277. The minimum absolute atomic E-state index is 0.0588. The summed E-state index contributed by atoms with van der Waals surface area (Å²) in [5.74, 6) is 1.09. The van der Waals surface area contributed by atoms with Gasteiger partial charge in [-0.3, -0.25) is 9.36 Å². The van der Waals surface area contributed by atoms with Crippen molar-refractivity contribution in [3.63, 3.8) is 0 Å². The van der Waals surface area contributed by atoms with Gasteiger partial charge in [0.1, 0.15) is 5.65 Å². The number of rotatable bonds is 7. The number of alkyl halides is 1. The van der Waals surface area contributed by atoms with Gasteiger partial charge in [0.25, 0.3) is 5.56 Å². The fourth-order valence-electron chi connectivity index (χ4n) is 4.95. The molecule has 1 fully saturated rings. The summed E-state index contributed by atoms with van der Waals surface area (Å²) in [6.07, 6.45) is 5.28. The van der Waals surface area contributed by atoms with Gasteiger partial charge in [-0.2, -0.15) is 4.98 Å². The minimum Gasteiger partial charge on any atom is -0.371 e. The van der Waals surface area contributed by atoms with E-state index in [1.54, 1.807) is 29.2 Å². The van der Waals surface area contributed by atoms with Gasteiger partial charge in [0, 0.05) is 64.9 Å². The second-order valence-corrected chi connectivity index (χ2v) is 10.2. The molecule has 202 valence electrons. The Balaban J connectivity index is 1.32. The number of nitrogens with one attached hydrogen (secondary N) is 2. The van der Waals surface area contributed by atoms with Crippen LogP contribution in [0.1, 0.15) is 24.2 Å². The average Bonchev–Trinajstić information content (AvgIpc) is 3.02. The number of fused-ring (bicyclic) bond motifs is 1. The van der Waals surface area contributed by atoms with Crippen molar-refractivity contribution >= 4 is 45.3 Å². The van der Waals surface area contributed by atoms with Crippen LogP contribution in [0, 0.1) is 0 Å². The van der Waals surface area contributed by atoms with Gasteiger partial charge < -0.3 is 15.4 Å². The average molecular weight is 646 g/mol. The highest BCUT2D eigenvalue weighted by Crippen LogP contribution is 2.30. The van der Waals surface area contributed by atoms with Crippen molar-refractivity contribution in [2.75, 3.05) is 25.0 Å². The van der Waals surface area contributed by atoms with Crippen molar-refractivity contribution < 1.29 is 4.74 Å². The Morgan fingerprint density at radius 1 is 1.07 bits per heavy atom. The predicted octanol–water partition coefficient (Wildman–Crippen LogP) is 5.27. The lowest BCUT2D eigenvalue weighted by atomic mass is 9.98. The van der Waals surface area contributed by atoms with Gasteiger partial charge in [-0.05, 0) is 53.9 Å². The first-order chi connectivity index (χ1) is 19.6. The molecule has 1 saturated heterocycles. The SMILES string of the molecule is CCn1c(=O)c(-c2ccc(-c3ncccn3)cc2CI)cc2cnc(Nc3ccc(C4CNCCO4)cc3)nc21. The molecule has 3 aromatic heterocycles. The number of ether oxygens (including phenoxy) is 1. The first kappa shape index (κ1) is 26.5. The van der Waals surface area contributed by atoms with Crippen LogP contribution >= 0.6 is 22.6 Å². The van der Waals surface area contributed by atoms with Crippen molar-refractivity contribution in [3.8, 4) is 22.5 Å². The fraction of sp³-hybridized carbons (Fsp3) is 0.233. The van der Waals surface area contributed by atoms with Gasteiger partial charge in [0.15, 0.2) is 5.82 Å². The van der Waals surface area contributed by atoms with Crippen molar-refractivity contribution in [2.24, 2.45) is 0 Å². The van der Waals surface area contributed by atoms with Crippen LogP contribution < -0.4 is 16.2 Å². The summed E-state index contributed by atoms with van der Waals surface area (Å²) in [4.78, 5) is 31.8. The number of hydrogen-bond acceptors (Lipinski definition) is 8. The van der Waals surface area contributed by atoms with Crippen molar-refractivity contribution in [2.45, 2.75) is 24.0 Å². The molecule has 0 radical (unpaired) electrons. The number of aryl methyl sites for hydroxylation is 1. The molecule has 0 spiro atoms. The molecule has 1 aliphatic heterocycles. The van der Waals surface area contributed by atoms with Crippen LogP contribution in [0.3, 0.4) is 0 Å². The molecule has 0 saturated carbocycles. The predicted molar refractivity (Wildman–Crippen MR) is 165 cm³/mol. The summed E-state index contributed by atoms with van der Waals surface area (Å²) in [7, 11) is 0. The molecule has 2 N–H and O–H groups in total. The van der Waals surface area contributed by atoms with Gasteiger partial charge in [-0.15, -0.1) is 0 Å².